The Kier molecular flexibility index (Phi) is 6.35. The Labute approximate surface area is 181 Å². The molecule has 1 aliphatic heterocycles. The number of hydrogen-bond acceptors (Lipinski definition) is 6. The second kappa shape index (κ2) is 8.99. The summed E-state index contributed by atoms with van der Waals surface area (Å²) in [6.45, 7) is 2.57. The van der Waals surface area contributed by atoms with E-state index in [1.807, 2.05) is 36.4 Å². The Balaban J connectivity index is 1.29. The predicted octanol–water partition coefficient (Wildman–Crippen LogP) is 3.45. The zero-order valence-corrected chi connectivity index (χ0v) is 18.7. The summed E-state index contributed by atoms with van der Waals surface area (Å²) in [5.41, 5.74) is 2.16. The van der Waals surface area contributed by atoms with E-state index in [1.54, 1.807) is 14.1 Å². The molecule has 3 aromatic rings. The van der Waals surface area contributed by atoms with E-state index in [4.69, 9.17) is 4.74 Å². The zero-order valence-electron chi connectivity index (χ0n) is 17.1. The van der Waals surface area contributed by atoms with Gasteiger partial charge in [-0.15, -0.1) is 0 Å². The van der Waals surface area contributed by atoms with Gasteiger partial charge in [0.2, 0.25) is 0 Å². The molecule has 1 fully saturated rings. The molecule has 9 heteroatoms. The van der Waals surface area contributed by atoms with Crippen LogP contribution in [0.15, 0.2) is 48.5 Å². The molecular weight excluding hydrogens is 420 g/mol. The SMILES string of the molecule is CN(C)S(=O)(=O)NC1CCN(Cc2ccc(Oc3nc4ccccc4s3)cc2)CC1. The number of fused-ring (bicyclic) bond motifs is 1. The van der Waals surface area contributed by atoms with Gasteiger partial charge in [0.15, 0.2) is 0 Å². The molecular formula is C21H26N4O3S2. The Morgan fingerprint density at radius 2 is 1.83 bits per heavy atom. The van der Waals surface area contributed by atoms with Crippen molar-refractivity contribution >= 4 is 31.8 Å². The van der Waals surface area contributed by atoms with Crippen LogP contribution in [0, 0.1) is 0 Å². The lowest BCUT2D eigenvalue weighted by molar-refractivity contribution is 0.199. The van der Waals surface area contributed by atoms with Crippen LogP contribution in [0.3, 0.4) is 0 Å². The third kappa shape index (κ3) is 5.16. The van der Waals surface area contributed by atoms with Crippen molar-refractivity contribution in [1.29, 1.82) is 0 Å². The highest BCUT2D eigenvalue weighted by atomic mass is 32.2. The summed E-state index contributed by atoms with van der Waals surface area (Å²) in [7, 11) is -0.280. The maximum atomic E-state index is 12.0. The average molecular weight is 447 g/mol. The second-order valence-electron chi connectivity index (χ2n) is 7.65. The third-order valence-electron chi connectivity index (χ3n) is 5.19. The minimum atomic E-state index is -3.37. The Morgan fingerprint density at radius 3 is 2.50 bits per heavy atom. The van der Waals surface area contributed by atoms with Crippen molar-refractivity contribution in [3.8, 4) is 10.9 Å². The summed E-state index contributed by atoms with van der Waals surface area (Å²) < 4.78 is 35.0. The number of nitrogens with one attached hydrogen (secondary N) is 1. The number of rotatable bonds is 7. The largest absolute Gasteiger partial charge is 0.431 e. The van der Waals surface area contributed by atoms with Crippen molar-refractivity contribution in [2.24, 2.45) is 0 Å². The summed E-state index contributed by atoms with van der Waals surface area (Å²) in [6, 6.07) is 16.1. The van der Waals surface area contributed by atoms with E-state index in [0.29, 0.717) is 5.19 Å². The number of para-hydroxylation sites is 1. The smallest absolute Gasteiger partial charge is 0.279 e. The van der Waals surface area contributed by atoms with Crippen molar-refractivity contribution in [3.05, 3.63) is 54.1 Å². The number of hydrogen-bond donors (Lipinski definition) is 1. The molecule has 160 valence electrons. The van der Waals surface area contributed by atoms with Crippen LogP contribution in [0.2, 0.25) is 0 Å². The van der Waals surface area contributed by atoms with Crippen LogP contribution in [0.1, 0.15) is 18.4 Å². The van der Waals surface area contributed by atoms with Gasteiger partial charge in [0, 0.05) is 39.8 Å². The first kappa shape index (κ1) is 21.2. The molecule has 0 spiro atoms. The monoisotopic (exact) mass is 446 g/mol. The second-order valence-corrected chi connectivity index (χ2v) is 10.6. The number of thiazole rings is 1. The van der Waals surface area contributed by atoms with Crippen LogP contribution >= 0.6 is 11.3 Å². The molecule has 0 saturated carbocycles. The van der Waals surface area contributed by atoms with Crippen LogP contribution in [-0.4, -0.2) is 55.8 Å². The van der Waals surface area contributed by atoms with E-state index in [-0.39, 0.29) is 6.04 Å². The Hall–Kier alpha value is -2.04. The summed E-state index contributed by atoms with van der Waals surface area (Å²) in [6.07, 6.45) is 1.62. The number of nitrogens with zero attached hydrogens (tertiary/aromatic N) is 3. The van der Waals surface area contributed by atoms with E-state index < -0.39 is 10.2 Å². The number of likely N-dealkylation sites (tertiary alicyclic amines) is 1. The molecule has 4 rings (SSSR count). The molecule has 0 aliphatic carbocycles. The van der Waals surface area contributed by atoms with Gasteiger partial charge >= 0.3 is 0 Å². The van der Waals surface area contributed by atoms with Gasteiger partial charge in [-0.2, -0.15) is 17.4 Å². The van der Waals surface area contributed by atoms with Gasteiger partial charge in [-0.25, -0.2) is 4.98 Å². The standard InChI is InChI=1S/C21H26N4O3S2/c1-24(2)30(26,27)23-17-11-13-25(14-12-17)15-16-7-9-18(10-8-16)28-21-22-19-5-3-4-6-20(19)29-21/h3-10,17,23H,11-15H2,1-2H3. The molecule has 0 bridgehead atoms. The number of aromatic nitrogens is 1. The van der Waals surface area contributed by atoms with E-state index in [1.165, 1.54) is 21.2 Å². The molecule has 2 heterocycles. The number of benzene rings is 2. The van der Waals surface area contributed by atoms with Gasteiger partial charge < -0.3 is 4.74 Å². The first-order valence-electron chi connectivity index (χ1n) is 9.93. The van der Waals surface area contributed by atoms with Crippen molar-refractivity contribution in [2.45, 2.75) is 25.4 Å². The Bertz CT molecular complexity index is 1060. The van der Waals surface area contributed by atoms with Crippen molar-refractivity contribution in [2.75, 3.05) is 27.2 Å². The van der Waals surface area contributed by atoms with Crippen LogP contribution < -0.4 is 9.46 Å². The lowest BCUT2D eigenvalue weighted by Crippen LogP contribution is -2.47. The van der Waals surface area contributed by atoms with Crippen LogP contribution in [0.25, 0.3) is 10.2 Å². The fourth-order valence-electron chi connectivity index (χ4n) is 3.44. The maximum Gasteiger partial charge on any atom is 0.279 e. The summed E-state index contributed by atoms with van der Waals surface area (Å²) in [5, 5.41) is 0.645. The number of ether oxygens (including phenoxy) is 1. The average Bonchev–Trinajstić information content (AvgIpc) is 3.13. The Morgan fingerprint density at radius 1 is 1.13 bits per heavy atom. The minimum absolute atomic E-state index is 0.00163. The predicted molar refractivity (Wildman–Crippen MR) is 120 cm³/mol. The fraction of sp³-hybridized carbons (Fsp3) is 0.381. The van der Waals surface area contributed by atoms with Crippen molar-refractivity contribution < 1.29 is 13.2 Å². The molecule has 2 aromatic carbocycles. The highest BCUT2D eigenvalue weighted by molar-refractivity contribution is 7.87. The van der Waals surface area contributed by atoms with Gasteiger partial charge in [0.1, 0.15) is 5.75 Å². The van der Waals surface area contributed by atoms with E-state index >= 15 is 0 Å². The molecule has 1 aliphatic rings. The van der Waals surface area contributed by atoms with Crippen molar-refractivity contribution in [3.63, 3.8) is 0 Å². The van der Waals surface area contributed by atoms with Gasteiger partial charge in [-0.1, -0.05) is 35.6 Å². The van der Waals surface area contributed by atoms with E-state index in [2.05, 4.69) is 26.7 Å². The van der Waals surface area contributed by atoms with Gasteiger partial charge in [-0.3, -0.25) is 4.90 Å². The van der Waals surface area contributed by atoms with Gasteiger partial charge in [0.25, 0.3) is 15.4 Å². The topological polar surface area (TPSA) is 74.8 Å². The lowest BCUT2D eigenvalue weighted by atomic mass is 10.1. The molecule has 0 unspecified atom stereocenters. The third-order valence-corrected chi connectivity index (χ3v) is 7.70. The molecule has 1 saturated heterocycles. The minimum Gasteiger partial charge on any atom is -0.431 e. The summed E-state index contributed by atoms with van der Waals surface area (Å²) >= 11 is 1.54. The van der Waals surface area contributed by atoms with Crippen LogP contribution in [0.5, 0.6) is 10.9 Å². The molecule has 0 amide bonds. The normalized spacial score (nSPS) is 16.4. The van der Waals surface area contributed by atoms with Gasteiger partial charge in [-0.05, 0) is 42.7 Å². The van der Waals surface area contributed by atoms with Crippen molar-refractivity contribution in [1.82, 2.24) is 18.9 Å². The molecule has 0 radical (unpaired) electrons. The first-order chi connectivity index (χ1) is 14.4. The molecule has 1 aromatic heterocycles. The fourth-order valence-corrected chi connectivity index (χ4v) is 5.14. The molecule has 0 atom stereocenters. The first-order valence-corrected chi connectivity index (χ1v) is 12.2. The van der Waals surface area contributed by atoms with Gasteiger partial charge in [0.05, 0.1) is 10.2 Å². The quantitative estimate of drug-likeness (QED) is 0.602. The highest BCUT2D eigenvalue weighted by Gasteiger charge is 2.24. The summed E-state index contributed by atoms with van der Waals surface area (Å²) in [5.74, 6) is 0.773. The molecule has 7 nitrogen and oxygen atoms in total. The maximum absolute atomic E-state index is 12.0. The molecule has 1 N–H and O–H groups in total. The van der Waals surface area contributed by atoms with E-state index in [9.17, 15) is 8.42 Å². The molecule has 30 heavy (non-hydrogen) atoms. The lowest BCUT2D eigenvalue weighted by Gasteiger charge is -2.32. The van der Waals surface area contributed by atoms with E-state index in [0.717, 1.165) is 48.4 Å². The van der Waals surface area contributed by atoms with Crippen LogP contribution in [0.4, 0.5) is 0 Å². The zero-order chi connectivity index (χ0) is 21.1. The summed E-state index contributed by atoms with van der Waals surface area (Å²) in [4.78, 5) is 6.85. The van der Waals surface area contributed by atoms with Crippen LogP contribution in [-0.2, 0) is 16.8 Å². The number of piperidine rings is 1. The highest BCUT2D eigenvalue weighted by Crippen LogP contribution is 2.31.